The average Bonchev–Trinajstić information content (AvgIpc) is 2.01. The third-order valence-electron chi connectivity index (χ3n) is 1.84. The molecule has 0 aliphatic carbocycles. The zero-order valence-corrected chi connectivity index (χ0v) is 8.96. The minimum Gasteiger partial charge on any atom is -0.122 e. The highest BCUT2D eigenvalue weighted by molar-refractivity contribution is 9.10. The number of hydrogen-bond donors (Lipinski definition) is 0. The summed E-state index contributed by atoms with van der Waals surface area (Å²) in [5.74, 6) is 0.588. The average molecular weight is 234 g/mol. The maximum absolute atomic E-state index is 5.74. The highest BCUT2D eigenvalue weighted by Gasteiger charge is 2.02. The quantitative estimate of drug-likeness (QED) is 0.647. The van der Waals surface area contributed by atoms with E-state index < -0.39 is 0 Å². The molecular weight excluding hydrogens is 223 g/mol. The number of aryl methyl sites for hydroxylation is 1. The number of hydrogen-bond acceptors (Lipinski definition) is 0. The molecule has 0 saturated carbocycles. The molecule has 0 spiro atoms. The van der Waals surface area contributed by atoms with Crippen LogP contribution in [-0.2, 0) is 5.88 Å². The van der Waals surface area contributed by atoms with Crippen molar-refractivity contribution in [1.29, 1.82) is 0 Å². The topological polar surface area (TPSA) is 0 Å². The van der Waals surface area contributed by atoms with E-state index in [1.165, 1.54) is 21.2 Å². The van der Waals surface area contributed by atoms with Gasteiger partial charge in [0, 0.05) is 10.4 Å². The zero-order chi connectivity index (χ0) is 8.43. The fourth-order valence-corrected chi connectivity index (χ4v) is 1.68. The number of benzene rings is 1. The van der Waals surface area contributed by atoms with Crippen LogP contribution in [0.4, 0.5) is 0 Å². The van der Waals surface area contributed by atoms with Crippen LogP contribution >= 0.6 is 27.5 Å². The summed E-state index contributed by atoms with van der Waals surface area (Å²) in [6.45, 7) is 4.16. The summed E-state index contributed by atoms with van der Waals surface area (Å²) in [5, 5.41) is 0. The van der Waals surface area contributed by atoms with Gasteiger partial charge in [0.15, 0.2) is 0 Å². The molecule has 0 nitrogen and oxygen atoms in total. The predicted molar refractivity (Wildman–Crippen MR) is 53.2 cm³/mol. The highest BCUT2D eigenvalue weighted by atomic mass is 79.9. The lowest BCUT2D eigenvalue weighted by molar-refractivity contribution is 1.24. The Morgan fingerprint density at radius 3 is 2.55 bits per heavy atom. The fraction of sp³-hybridized carbons (Fsp3) is 0.333. The van der Waals surface area contributed by atoms with Crippen LogP contribution in [-0.4, -0.2) is 0 Å². The van der Waals surface area contributed by atoms with E-state index in [9.17, 15) is 0 Å². The smallest absolute Gasteiger partial charge is 0.0477 e. The summed E-state index contributed by atoms with van der Waals surface area (Å²) in [7, 11) is 0. The monoisotopic (exact) mass is 232 g/mol. The molecule has 11 heavy (non-hydrogen) atoms. The van der Waals surface area contributed by atoms with Crippen molar-refractivity contribution in [3.8, 4) is 0 Å². The van der Waals surface area contributed by atoms with Crippen LogP contribution in [0.25, 0.3) is 0 Å². The van der Waals surface area contributed by atoms with Crippen LogP contribution < -0.4 is 0 Å². The summed E-state index contributed by atoms with van der Waals surface area (Å²) >= 11 is 9.25. The number of alkyl halides is 1. The summed E-state index contributed by atoms with van der Waals surface area (Å²) in [5.41, 5.74) is 3.71. The molecule has 0 aliphatic heterocycles. The fourth-order valence-electron chi connectivity index (χ4n) is 1.01. The second-order valence-electron chi connectivity index (χ2n) is 2.61. The molecule has 0 N–H and O–H groups in total. The molecule has 60 valence electrons. The SMILES string of the molecule is Cc1ccc(CCl)c(C)c1Br. The second-order valence-corrected chi connectivity index (χ2v) is 3.67. The molecule has 0 radical (unpaired) electrons. The van der Waals surface area contributed by atoms with Crippen LogP contribution in [0.5, 0.6) is 0 Å². The highest BCUT2D eigenvalue weighted by Crippen LogP contribution is 2.24. The van der Waals surface area contributed by atoms with E-state index in [0.29, 0.717) is 5.88 Å². The largest absolute Gasteiger partial charge is 0.122 e. The molecule has 0 amide bonds. The minimum absolute atomic E-state index is 0.588. The molecule has 0 aromatic heterocycles. The van der Waals surface area contributed by atoms with Crippen LogP contribution in [0.1, 0.15) is 16.7 Å². The number of halogens is 2. The van der Waals surface area contributed by atoms with Crippen molar-refractivity contribution in [2.45, 2.75) is 19.7 Å². The van der Waals surface area contributed by atoms with Crippen molar-refractivity contribution in [3.05, 3.63) is 33.3 Å². The van der Waals surface area contributed by atoms with Gasteiger partial charge in [-0.1, -0.05) is 28.1 Å². The van der Waals surface area contributed by atoms with Gasteiger partial charge in [0.05, 0.1) is 0 Å². The second kappa shape index (κ2) is 3.59. The van der Waals surface area contributed by atoms with Crippen molar-refractivity contribution >= 4 is 27.5 Å². The third-order valence-corrected chi connectivity index (χ3v) is 3.34. The molecular formula is C9H10BrCl. The van der Waals surface area contributed by atoms with Gasteiger partial charge >= 0.3 is 0 Å². The molecule has 0 saturated heterocycles. The first-order valence-electron chi connectivity index (χ1n) is 3.47. The Morgan fingerprint density at radius 1 is 1.36 bits per heavy atom. The van der Waals surface area contributed by atoms with Crippen molar-refractivity contribution in [3.63, 3.8) is 0 Å². The summed E-state index contributed by atoms with van der Waals surface area (Å²) in [4.78, 5) is 0. The van der Waals surface area contributed by atoms with Crippen LogP contribution in [0.3, 0.4) is 0 Å². The van der Waals surface area contributed by atoms with E-state index in [1.807, 2.05) is 0 Å². The lowest BCUT2D eigenvalue weighted by Gasteiger charge is -2.06. The van der Waals surface area contributed by atoms with E-state index in [-0.39, 0.29) is 0 Å². The molecule has 0 heterocycles. The van der Waals surface area contributed by atoms with Gasteiger partial charge < -0.3 is 0 Å². The molecule has 0 aliphatic rings. The maximum atomic E-state index is 5.74. The van der Waals surface area contributed by atoms with E-state index in [1.54, 1.807) is 0 Å². The lowest BCUT2D eigenvalue weighted by atomic mass is 10.1. The molecule has 1 aromatic rings. The van der Waals surface area contributed by atoms with Gasteiger partial charge in [-0.3, -0.25) is 0 Å². The van der Waals surface area contributed by atoms with Gasteiger partial charge in [0.25, 0.3) is 0 Å². The van der Waals surface area contributed by atoms with Crippen molar-refractivity contribution in [2.75, 3.05) is 0 Å². The van der Waals surface area contributed by atoms with Gasteiger partial charge in [0.2, 0.25) is 0 Å². The van der Waals surface area contributed by atoms with E-state index in [2.05, 4.69) is 41.9 Å². The Bertz CT molecular complexity index is 269. The van der Waals surface area contributed by atoms with Crippen LogP contribution in [0.2, 0.25) is 0 Å². The molecule has 1 aromatic carbocycles. The first-order valence-corrected chi connectivity index (χ1v) is 4.80. The standard InChI is InChI=1S/C9H10BrCl/c1-6-3-4-8(5-11)7(2)9(6)10/h3-4H,5H2,1-2H3. The van der Waals surface area contributed by atoms with Crippen molar-refractivity contribution in [1.82, 2.24) is 0 Å². The molecule has 2 heteroatoms. The summed E-state index contributed by atoms with van der Waals surface area (Å²) < 4.78 is 1.18. The van der Waals surface area contributed by atoms with E-state index in [4.69, 9.17) is 11.6 Å². The Hall–Kier alpha value is -0.0100. The maximum Gasteiger partial charge on any atom is 0.0477 e. The van der Waals surface area contributed by atoms with Crippen LogP contribution in [0, 0.1) is 13.8 Å². The van der Waals surface area contributed by atoms with Crippen LogP contribution in [0.15, 0.2) is 16.6 Å². The lowest BCUT2D eigenvalue weighted by Crippen LogP contribution is -1.88. The molecule has 0 atom stereocenters. The number of rotatable bonds is 1. The normalized spacial score (nSPS) is 10.2. The van der Waals surface area contributed by atoms with Gasteiger partial charge in [-0.2, -0.15) is 0 Å². The Morgan fingerprint density at radius 2 is 2.00 bits per heavy atom. The summed E-state index contributed by atoms with van der Waals surface area (Å²) in [6.07, 6.45) is 0. The summed E-state index contributed by atoms with van der Waals surface area (Å²) in [6, 6.07) is 4.15. The first-order chi connectivity index (χ1) is 5.16. The van der Waals surface area contributed by atoms with Crippen molar-refractivity contribution < 1.29 is 0 Å². The Balaban J connectivity index is 3.25. The van der Waals surface area contributed by atoms with Gasteiger partial charge in [-0.15, -0.1) is 11.6 Å². The minimum atomic E-state index is 0.588. The predicted octanol–water partition coefficient (Wildman–Crippen LogP) is 3.80. The van der Waals surface area contributed by atoms with Gasteiger partial charge in [0.1, 0.15) is 0 Å². The van der Waals surface area contributed by atoms with Crippen molar-refractivity contribution in [2.24, 2.45) is 0 Å². The van der Waals surface area contributed by atoms with Gasteiger partial charge in [-0.25, -0.2) is 0 Å². The van der Waals surface area contributed by atoms with E-state index >= 15 is 0 Å². The Kier molecular flexibility index (Phi) is 2.97. The molecule has 0 unspecified atom stereocenters. The zero-order valence-electron chi connectivity index (χ0n) is 6.62. The molecule has 0 fully saturated rings. The first kappa shape index (κ1) is 9.08. The van der Waals surface area contributed by atoms with E-state index in [0.717, 1.165) is 0 Å². The third kappa shape index (κ3) is 1.77. The molecule has 1 rings (SSSR count). The molecule has 0 bridgehead atoms. The Labute approximate surface area is 80.7 Å². The van der Waals surface area contributed by atoms with Gasteiger partial charge in [-0.05, 0) is 30.5 Å².